The lowest BCUT2D eigenvalue weighted by Crippen LogP contribution is -2.12. The van der Waals surface area contributed by atoms with Gasteiger partial charge in [-0.05, 0) is 23.8 Å². The number of ether oxygens (including phenoxy) is 1. The summed E-state index contributed by atoms with van der Waals surface area (Å²) < 4.78 is 5.22. The Morgan fingerprint density at radius 1 is 1.10 bits per heavy atom. The van der Waals surface area contributed by atoms with Crippen molar-refractivity contribution in [3.05, 3.63) is 65.2 Å². The van der Waals surface area contributed by atoms with Crippen LogP contribution in [0.1, 0.15) is 11.1 Å². The number of aliphatic imine (C=N–C) groups is 1. The molecule has 0 radical (unpaired) electrons. The predicted molar refractivity (Wildman–Crippen MR) is 84.2 cm³/mol. The van der Waals surface area contributed by atoms with Crippen LogP contribution < -0.4 is 10.2 Å². The van der Waals surface area contributed by atoms with Gasteiger partial charge in [-0.1, -0.05) is 30.3 Å². The quantitative estimate of drug-likeness (QED) is 0.915. The second-order valence-corrected chi connectivity index (χ2v) is 4.88. The van der Waals surface area contributed by atoms with Gasteiger partial charge in [0.1, 0.15) is 11.5 Å². The van der Waals surface area contributed by atoms with Gasteiger partial charge >= 0.3 is 0 Å². The number of hydrogen-bond acceptors (Lipinski definition) is 3. The van der Waals surface area contributed by atoms with Crippen molar-refractivity contribution in [2.24, 2.45) is 10.1 Å². The van der Waals surface area contributed by atoms with Gasteiger partial charge in [0.05, 0.1) is 12.8 Å². The zero-order valence-electron chi connectivity index (χ0n) is 11.5. The maximum atomic E-state index is 5.22. The third-order valence-corrected chi connectivity index (χ3v) is 3.59. The van der Waals surface area contributed by atoms with Crippen molar-refractivity contribution in [2.45, 2.75) is 0 Å². The maximum Gasteiger partial charge on any atom is 0.156 e. The van der Waals surface area contributed by atoms with Crippen LogP contribution >= 0.6 is 0 Å². The average Bonchev–Trinajstić information content (AvgIpc) is 3.08. The average molecular weight is 275 g/mol. The lowest BCUT2D eigenvalue weighted by molar-refractivity contribution is 0.415. The molecule has 4 heteroatoms. The first-order valence-electron chi connectivity index (χ1n) is 6.73. The van der Waals surface area contributed by atoms with Crippen molar-refractivity contribution in [3.8, 4) is 5.75 Å². The van der Waals surface area contributed by atoms with Crippen LogP contribution in [0, 0.1) is 0 Å². The van der Waals surface area contributed by atoms with E-state index < -0.39 is 0 Å². The van der Waals surface area contributed by atoms with Gasteiger partial charge in [0.15, 0.2) is 5.84 Å². The summed E-state index contributed by atoms with van der Waals surface area (Å²) in [4.78, 5) is 4.64. The molecule has 2 aromatic rings. The molecular formula is C17H13N3O. The smallest absolute Gasteiger partial charge is 0.156 e. The summed E-state index contributed by atoms with van der Waals surface area (Å²) in [5.41, 5.74) is 8.19. The highest BCUT2D eigenvalue weighted by molar-refractivity contribution is 6.38. The van der Waals surface area contributed by atoms with E-state index in [1.807, 2.05) is 36.4 Å². The molecule has 0 bridgehead atoms. The van der Waals surface area contributed by atoms with Crippen LogP contribution in [0.5, 0.6) is 5.75 Å². The number of nitrogens with one attached hydrogen (secondary N) is 1. The first-order valence-corrected chi connectivity index (χ1v) is 6.73. The lowest BCUT2D eigenvalue weighted by atomic mass is 10.1. The molecule has 1 aliphatic heterocycles. The van der Waals surface area contributed by atoms with Crippen LogP contribution in [0.25, 0.3) is 6.08 Å². The Morgan fingerprint density at radius 3 is 2.90 bits per heavy atom. The third kappa shape index (κ3) is 1.92. The third-order valence-electron chi connectivity index (χ3n) is 3.59. The molecule has 2 aliphatic rings. The first-order chi connectivity index (χ1) is 10.3. The van der Waals surface area contributed by atoms with Gasteiger partial charge in [0, 0.05) is 17.2 Å². The summed E-state index contributed by atoms with van der Waals surface area (Å²) >= 11 is 0. The molecule has 0 unspecified atom stereocenters. The molecule has 102 valence electrons. The molecular weight excluding hydrogens is 262 g/mol. The summed E-state index contributed by atoms with van der Waals surface area (Å²) in [5.74, 6) is 1.56. The van der Waals surface area contributed by atoms with E-state index in [1.165, 1.54) is 5.56 Å². The first kappa shape index (κ1) is 11.9. The Morgan fingerprint density at radius 2 is 2.00 bits per heavy atom. The molecule has 0 atom stereocenters. The molecule has 0 saturated carbocycles. The largest absolute Gasteiger partial charge is 0.497 e. The molecule has 2 aromatic carbocycles. The molecule has 0 aromatic heterocycles. The second-order valence-electron chi connectivity index (χ2n) is 4.88. The lowest BCUT2D eigenvalue weighted by Gasteiger charge is -2.02. The topological polar surface area (TPSA) is 46.0 Å². The van der Waals surface area contributed by atoms with Gasteiger partial charge in [0.2, 0.25) is 0 Å². The van der Waals surface area contributed by atoms with E-state index in [0.717, 1.165) is 34.1 Å². The number of hydrogen-bond donors (Lipinski definition) is 1. The van der Waals surface area contributed by atoms with E-state index in [-0.39, 0.29) is 0 Å². The van der Waals surface area contributed by atoms with Crippen LogP contribution in [-0.4, -0.2) is 18.7 Å². The van der Waals surface area contributed by atoms with Crippen molar-refractivity contribution < 1.29 is 4.74 Å². The second kappa shape index (κ2) is 4.59. The Labute approximate surface area is 122 Å². The molecule has 1 heterocycles. The van der Waals surface area contributed by atoms with Crippen molar-refractivity contribution in [1.82, 2.24) is 5.43 Å². The molecule has 0 spiro atoms. The van der Waals surface area contributed by atoms with Gasteiger partial charge in [-0.2, -0.15) is 5.10 Å². The fourth-order valence-corrected chi connectivity index (χ4v) is 2.57. The Bertz CT molecular complexity index is 818. The van der Waals surface area contributed by atoms with Gasteiger partial charge in [0.25, 0.3) is 0 Å². The molecule has 0 saturated heterocycles. The van der Waals surface area contributed by atoms with Gasteiger partial charge in [-0.3, -0.25) is 5.43 Å². The summed E-state index contributed by atoms with van der Waals surface area (Å²) in [6.07, 6.45) is 2.12. The van der Waals surface area contributed by atoms with E-state index in [1.54, 1.807) is 7.11 Å². The SMILES string of the molecule is COc1cccc(N=C2NN=C3C2=Cc2ccccc23)c1. The zero-order valence-corrected chi connectivity index (χ0v) is 11.5. The molecule has 0 amide bonds. The number of rotatable bonds is 2. The fraction of sp³-hybridized carbons (Fsp3) is 0.0588. The highest BCUT2D eigenvalue weighted by Crippen LogP contribution is 2.30. The Hall–Kier alpha value is -2.88. The minimum atomic E-state index is 0.773. The van der Waals surface area contributed by atoms with Gasteiger partial charge in [-0.25, -0.2) is 4.99 Å². The standard InChI is InChI=1S/C17H13N3O/c1-21-13-7-4-6-12(10-13)18-17-15-9-11-5-2-3-8-14(11)16(15)19-20-17/h2-10H,1H3,(H,18,20). The Kier molecular flexibility index (Phi) is 2.60. The van der Waals surface area contributed by atoms with Crippen LogP contribution in [0.2, 0.25) is 0 Å². The van der Waals surface area contributed by atoms with Gasteiger partial charge in [-0.15, -0.1) is 0 Å². The minimum absolute atomic E-state index is 0.773. The van der Waals surface area contributed by atoms with E-state index in [4.69, 9.17) is 4.74 Å². The molecule has 21 heavy (non-hydrogen) atoms. The predicted octanol–water partition coefficient (Wildman–Crippen LogP) is 3.13. The zero-order chi connectivity index (χ0) is 14.2. The Balaban J connectivity index is 1.72. The number of fused-ring (bicyclic) bond motifs is 3. The van der Waals surface area contributed by atoms with Crippen LogP contribution in [0.15, 0.2) is 64.2 Å². The van der Waals surface area contributed by atoms with E-state index >= 15 is 0 Å². The van der Waals surface area contributed by atoms with Crippen molar-refractivity contribution in [1.29, 1.82) is 0 Å². The molecule has 4 nitrogen and oxygen atoms in total. The summed E-state index contributed by atoms with van der Waals surface area (Å²) in [6.45, 7) is 0. The summed E-state index contributed by atoms with van der Waals surface area (Å²) in [7, 11) is 1.65. The molecule has 1 aliphatic carbocycles. The van der Waals surface area contributed by atoms with Crippen molar-refractivity contribution >= 4 is 23.3 Å². The number of methoxy groups -OCH3 is 1. The van der Waals surface area contributed by atoms with E-state index in [2.05, 4.69) is 33.7 Å². The fourth-order valence-electron chi connectivity index (χ4n) is 2.57. The van der Waals surface area contributed by atoms with Crippen molar-refractivity contribution in [3.63, 3.8) is 0 Å². The van der Waals surface area contributed by atoms with Crippen molar-refractivity contribution in [2.75, 3.05) is 7.11 Å². The molecule has 4 rings (SSSR count). The van der Waals surface area contributed by atoms with Crippen LogP contribution in [0.4, 0.5) is 5.69 Å². The monoisotopic (exact) mass is 275 g/mol. The minimum Gasteiger partial charge on any atom is -0.497 e. The number of amidine groups is 1. The van der Waals surface area contributed by atoms with E-state index in [0.29, 0.717) is 0 Å². The number of nitrogens with zero attached hydrogens (tertiary/aromatic N) is 2. The van der Waals surface area contributed by atoms with Crippen LogP contribution in [-0.2, 0) is 0 Å². The van der Waals surface area contributed by atoms with Gasteiger partial charge < -0.3 is 4.74 Å². The molecule has 0 fully saturated rings. The normalized spacial score (nSPS) is 16.9. The highest BCUT2D eigenvalue weighted by Gasteiger charge is 2.28. The van der Waals surface area contributed by atoms with E-state index in [9.17, 15) is 0 Å². The molecule has 1 N–H and O–H groups in total. The maximum absolute atomic E-state index is 5.22. The number of hydrazone groups is 1. The summed E-state index contributed by atoms with van der Waals surface area (Å²) in [6, 6.07) is 15.9. The highest BCUT2D eigenvalue weighted by atomic mass is 16.5. The number of benzene rings is 2. The van der Waals surface area contributed by atoms with Crippen LogP contribution in [0.3, 0.4) is 0 Å². The summed E-state index contributed by atoms with van der Waals surface area (Å²) in [5, 5.41) is 4.40.